The molecule has 0 saturated carbocycles. The highest BCUT2D eigenvalue weighted by molar-refractivity contribution is 7.98. The molecular formula is C24H23N3O4S. The van der Waals surface area contributed by atoms with Gasteiger partial charge in [0.1, 0.15) is 11.9 Å². The summed E-state index contributed by atoms with van der Waals surface area (Å²) in [6.07, 6.45) is 3.77. The summed E-state index contributed by atoms with van der Waals surface area (Å²) < 4.78 is 0. The summed E-state index contributed by atoms with van der Waals surface area (Å²) in [5.74, 6) is -0.931. The van der Waals surface area contributed by atoms with Gasteiger partial charge in [0.2, 0.25) is 0 Å². The van der Waals surface area contributed by atoms with E-state index in [9.17, 15) is 19.5 Å². The van der Waals surface area contributed by atoms with Crippen molar-refractivity contribution in [1.29, 1.82) is 0 Å². The third-order valence-electron chi connectivity index (χ3n) is 4.73. The van der Waals surface area contributed by atoms with E-state index in [-0.39, 0.29) is 5.91 Å². The predicted molar refractivity (Wildman–Crippen MR) is 126 cm³/mol. The molecule has 1 heterocycles. The minimum Gasteiger partial charge on any atom is -0.480 e. The number of carbonyl (C=O) groups is 3. The van der Waals surface area contributed by atoms with E-state index in [4.69, 9.17) is 0 Å². The summed E-state index contributed by atoms with van der Waals surface area (Å²) in [7, 11) is 0. The van der Waals surface area contributed by atoms with Crippen LogP contribution in [0, 0.1) is 0 Å². The Kier molecular flexibility index (Phi) is 7.99. The standard InChI is InChI=1S/C24H23N3O4S/c1-32-14-12-20(24(30)31)26-23(29)18-11-10-17(15-19(18)16-7-3-2-4-8-16)22(28)27-21-9-5-6-13-25-21/h2-11,13,15,20H,12,14H2,1H3,(H,26,29)(H,30,31)(H,25,27,28)/t20-/m0/s1. The minimum absolute atomic E-state index is 0.293. The second-order valence-electron chi connectivity index (χ2n) is 6.94. The quantitative estimate of drug-likeness (QED) is 0.457. The molecule has 0 bridgehead atoms. The first-order valence-electron chi connectivity index (χ1n) is 9.94. The van der Waals surface area contributed by atoms with E-state index in [1.54, 1.807) is 36.5 Å². The number of amides is 2. The zero-order chi connectivity index (χ0) is 22.9. The molecule has 0 aliphatic rings. The van der Waals surface area contributed by atoms with Gasteiger partial charge >= 0.3 is 5.97 Å². The number of carboxylic acids is 1. The van der Waals surface area contributed by atoms with Crippen LogP contribution in [0.4, 0.5) is 5.82 Å². The molecule has 2 aromatic carbocycles. The Morgan fingerprint density at radius 1 is 1.00 bits per heavy atom. The zero-order valence-corrected chi connectivity index (χ0v) is 18.3. The summed E-state index contributed by atoms with van der Waals surface area (Å²) >= 11 is 1.51. The Balaban J connectivity index is 1.93. The van der Waals surface area contributed by atoms with E-state index in [1.807, 2.05) is 36.6 Å². The van der Waals surface area contributed by atoms with Crippen molar-refractivity contribution >= 4 is 35.4 Å². The van der Waals surface area contributed by atoms with Gasteiger partial charge in [-0.25, -0.2) is 9.78 Å². The van der Waals surface area contributed by atoms with E-state index in [2.05, 4.69) is 15.6 Å². The molecule has 32 heavy (non-hydrogen) atoms. The third-order valence-corrected chi connectivity index (χ3v) is 5.38. The van der Waals surface area contributed by atoms with Crippen molar-refractivity contribution < 1.29 is 19.5 Å². The lowest BCUT2D eigenvalue weighted by atomic mass is 9.96. The van der Waals surface area contributed by atoms with Crippen LogP contribution >= 0.6 is 11.8 Å². The van der Waals surface area contributed by atoms with Crippen molar-refractivity contribution in [2.24, 2.45) is 0 Å². The fourth-order valence-corrected chi connectivity index (χ4v) is 3.57. The minimum atomic E-state index is -1.08. The molecule has 3 aromatic rings. The Morgan fingerprint density at radius 3 is 2.41 bits per heavy atom. The fraction of sp³-hybridized carbons (Fsp3) is 0.167. The van der Waals surface area contributed by atoms with Crippen LogP contribution < -0.4 is 10.6 Å². The maximum Gasteiger partial charge on any atom is 0.326 e. The second kappa shape index (κ2) is 11.1. The van der Waals surface area contributed by atoms with E-state index in [0.717, 1.165) is 5.56 Å². The van der Waals surface area contributed by atoms with E-state index in [0.29, 0.717) is 34.7 Å². The zero-order valence-electron chi connectivity index (χ0n) is 17.4. The van der Waals surface area contributed by atoms with Crippen molar-refractivity contribution in [3.63, 3.8) is 0 Å². The summed E-state index contributed by atoms with van der Waals surface area (Å²) in [4.78, 5) is 41.4. The molecule has 0 fully saturated rings. The maximum absolute atomic E-state index is 13.0. The number of thioether (sulfide) groups is 1. The number of carbonyl (C=O) groups excluding carboxylic acids is 2. The highest BCUT2D eigenvalue weighted by atomic mass is 32.2. The van der Waals surface area contributed by atoms with Crippen molar-refractivity contribution in [2.75, 3.05) is 17.3 Å². The van der Waals surface area contributed by atoms with Gasteiger partial charge in [0.25, 0.3) is 11.8 Å². The summed E-state index contributed by atoms with van der Waals surface area (Å²) in [5, 5.41) is 14.8. The molecule has 0 aliphatic heterocycles. The van der Waals surface area contributed by atoms with Gasteiger partial charge in [0, 0.05) is 17.3 Å². The van der Waals surface area contributed by atoms with Gasteiger partial charge in [-0.3, -0.25) is 9.59 Å². The first kappa shape index (κ1) is 23.0. The average molecular weight is 450 g/mol. The molecule has 0 spiro atoms. The number of anilines is 1. The van der Waals surface area contributed by atoms with E-state index in [1.165, 1.54) is 17.8 Å². The topological polar surface area (TPSA) is 108 Å². The highest BCUT2D eigenvalue weighted by Crippen LogP contribution is 2.26. The van der Waals surface area contributed by atoms with Gasteiger partial charge in [-0.2, -0.15) is 11.8 Å². The average Bonchev–Trinajstić information content (AvgIpc) is 2.82. The number of hydrogen-bond donors (Lipinski definition) is 3. The molecule has 3 N–H and O–H groups in total. The lowest BCUT2D eigenvalue weighted by Gasteiger charge is -2.17. The molecule has 3 rings (SSSR count). The van der Waals surface area contributed by atoms with Crippen molar-refractivity contribution in [3.8, 4) is 11.1 Å². The molecule has 0 radical (unpaired) electrons. The molecule has 0 aliphatic carbocycles. The molecule has 1 atom stereocenters. The van der Waals surface area contributed by atoms with Gasteiger partial charge in [-0.05, 0) is 59.9 Å². The molecular weight excluding hydrogens is 426 g/mol. The van der Waals surface area contributed by atoms with Crippen LogP contribution in [0.2, 0.25) is 0 Å². The van der Waals surface area contributed by atoms with E-state index >= 15 is 0 Å². The number of rotatable bonds is 9. The number of nitrogens with zero attached hydrogens (tertiary/aromatic N) is 1. The van der Waals surface area contributed by atoms with Gasteiger partial charge in [-0.1, -0.05) is 36.4 Å². The maximum atomic E-state index is 13.0. The second-order valence-corrected chi connectivity index (χ2v) is 7.93. The summed E-state index contributed by atoms with van der Waals surface area (Å²) in [6.45, 7) is 0. The molecule has 7 nitrogen and oxygen atoms in total. The number of benzene rings is 2. The molecule has 0 saturated heterocycles. The molecule has 8 heteroatoms. The van der Waals surface area contributed by atoms with Crippen molar-refractivity contribution in [3.05, 3.63) is 84.1 Å². The first-order chi connectivity index (χ1) is 15.5. The smallest absolute Gasteiger partial charge is 0.326 e. The molecule has 1 aromatic heterocycles. The van der Waals surface area contributed by atoms with Crippen molar-refractivity contribution in [2.45, 2.75) is 12.5 Å². The Labute approximate surface area is 190 Å². The monoisotopic (exact) mass is 449 g/mol. The van der Waals surface area contributed by atoms with Crippen LogP contribution in [0.5, 0.6) is 0 Å². The summed E-state index contributed by atoms with van der Waals surface area (Å²) in [5.41, 5.74) is 1.91. The number of aromatic nitrogens is 1. The SMILES string of the molecule is CSCC[C@H](NC(=O)c1ccc(C(=O)Nc2ccccn2)cc1-c1ccccc1)C(=O)O. The van der Waals surface area contributed by atoms with Gasteiger partial charge in [0.15, 0.2) is 0 Å². The fourth-order valence-electron chi connectivity index (χ4n) is 3.09. The van der Waals surface area contributed by atoms with Gasteiger partial charge in [-0.15, -0.1) is 0 Å². The Hall–Kier alpha value is -3.65. The van der Waals surface area contributed by atoms with Crippen LogP contribution in [-0.4, -0.2) is 45.9 Å². The van der Waals surface area contributed by atoms with Crippen LogP contribution in [0.1, 0.15) is 27.1 Å². The predicted octanol–water partition coefficient (Wildman–Crippen LogP) is 3.94. The Morgan fingerprint density at radius 2 is 1.75 bits per heavy atom. The van der Waals surface area contributed by atoms with Crippen LogP contribution in [-0.2, 0) is 4.79 Å². The lowest BCUT2D eigenvalue weighted by molar-refractivity contribution is -0.139. The van der Waals surface area contributed by atoms with Crippen LogP contribution in [0.25, 0.3) is 11.1 Å². The number of carboxylic acid groups (broad SMARTS) is 1. The molecule has 2 amide bonds. The number of aliphatic carboxylic acids is 1. The van der Waals surface area contributed by atoms with Crippen LogP contribution in [0.3, 0.4) is 0 Å². The molecule has 0 unspecified atom stereocenters. The number of nitrogens with one attached hydrogen (secondary N) is 2. The first-order valence-corrected chi connectivity index (χ1v) is 11.3. The lowest BCUT2D eigenvalue weighted by Crippen LogP contribution is -2.41. The van der Waals surface area contributed by atoms with E-state index < -0.39 is 17.9 Å². The largest absolute Gasteiger partial charge is 0.480 e. The summed E-state index contributed by atoms with van der Waals surface area (Å²) in [6, 6.07) is 18.1. The van der Waals surface area contributed by atoms with Gasteiger partial charge in [0.05, 0.1) is 0 Å². The third kappa shape index (κ3) is 5.95. The number of hydrogen-bond acceptors (Lipinski definition) is 5. The van der Waals surface area contributed by atoms with Crippen molar-refractivity contribution in [1.82, 2.24) is 10.3 Å². The van der Waals surface area contributed by atoms with Gasteiger partial charge < -0.3 is 15.7 Å². The number of pyridine rings is 1. The normalized spacial score (nSPS) is 11.4. The Bertz CT molecular complexity index is 1090. The van der Waals surface area contributed by atoms with Crippen LogP contribution in [0.15, 0.2) is 72.9 Å². The highest BCUT2D eigenvalue weighted by Gasteiger charge is 2.23. The molecule has 164 valence electrons.